The van der Waals surface area contributed by atoms with Crippen LogP contribution in [0.2, 0.25) is 0 Å². The van der Waals surface area contributed by atoms with Crippen LogP contribution in [-0.2, 0) is 0 Å². The van der Waals surface area contributed by atoms with E-state index in [-0.39, 0.29) is 24.4 Å². The molecule has 0 aliphatic carbocycles. The van der Waals surface area contributed by atoms with Crippen molar-refractivity contribution in [2.45, 2.75) is 24.8 Å². The van der Waals surface area contributed by atoms with Crippen molar-refractivity contribution in [3.63, 3.8) is 0 Å². The molecule has 0 saturated carbocycles. The summed E-state index contributed by atoms with van der Waals surface area (Å²) in [4.78, 5) is 4.24. The highest BCUT2D eigenvalue weighted by atomic mass is 19.1. The average Bonchev–Trinajstić information content (AvgIpc) is 2.66. The molecule has 1 heterocycles. The van der Waals surface area contributed by atoms with Gasteiger partial charge >= 0.3 is 0 Å². The number of fused-ring (bicyclic) bond motifs is 2. The van der Waals surface area contributed by atoms with Crippen LogP contribution >= 0.6 is 0 Å². The lowest BCUT2D eigenvalue weighted by Gasteiger charge is -2.23. The summed E-state index contributed by atoms with van der Waals surface area (Å²) in [5.74, 6) is 1.05. The molecule has 0 amide bonds. The minimum Gasteiger partial charge on any atom is -0.457 e. The lowest BCUT2D eigenvalue weighted by atomic mass is 9.84. The number of benzene rings is 2. The monoisotopic (exact) mass is 299 g/mol. The van der Waals surface area contributed by atoms with E-state index in [0.29, 0.717) is 17.7 Å². The number of aliphatic imine (C=N–C) groups is 1. The van der Waals surface area contributed by atoms with Crippen LogP contribution in [0.4, 0.5) is 4.39 Å². The van der Waals surface area contributed by atoms with Crippen LogP contribution in [-0.4, -0.2) is 18.4 Å². The first-order chi connectivity index (χ1) is 10.7. The first-order valence-electron chi connectivity index (χ1n) is 7.37. The Morgan fingerprint density at radius 2 is 1.91 bits per heavy atom. The number of rotatable bonds is 4. The summed E-state index contributed by atoms with van der Waals surface area (Å²) in [6.45, 7) is 3.81. The Hall–Kier alpha value is -2.20. The van der Waals surface area contributed by atoms with Crippen molar-refractivity contribution >= 4 is 6.72 Å². The predicted octanol–water partition coefficient (Wildman–Crippen LogP) is 4.23. The molecule has 3 rings (SSSR count). The van der Waals surface area contributed by atoms with E-state index < -0.39 is 0 Å². The van der Waals surface area contributed by atoms with Crippen molar-refractivity contribution in [3.05, 3.63) is 59.4 Å². The summed E-state index contributed by atoms with van der Waals surface area (Å²) in [7, 11) is 0. The van der Waals surface area contributed by atoms with Crippen molar-refractivity contribution in [1.29, 1.82) is 0 Å². The van der Waals surface area contributed by atoms with Crippen LogP contribution in [0.3, 0.4) is 0 Å². The molecule has 0 saturated heterocycles. The van der Waals surface area contributed by atoms with Gasteiger partial charge in [0.25, 0.3) is 0 Å². The SMILES string of the molecule is C=N[C@@H]1c2cc(F)ccc2Oc2ccccc2[C@H]1CCCO. The maximum atomic E-state index is 13.7. The molecular weight excluding hydrogens is 281 g/mol. The molecule has 4 heteroatoms. The highest BCUT2D eigenvalue weighted by Gasteiger charge is 2.31. The molecule has 22 heavy (non-hydrogen) atoms. The van der Waals surface area contributed by atoms with Crippen molar-refractivity contribution < 1.29 is 14.2 Å². The molecule has 0 spiro atoms. The molecule has 0 bridgehead atoms. The zero-order valence-corrected chi connectivity index (χ0v) is 12.2. The molecular formula is C18H18FNO2. The van der Waals surface area contributed by atoms with Gasteiger partial charge in [-0.25, -0.2) is 4.39 Å². The first kappa shape index (κ1) is 14.7. The Kier molecular flexibility index (Phi) is 4.20. The second-order valence-electron chi connectivity index (χ2n) is 5.42. The number of halogens is 1. The largest absolute Gasteiger partial charge is 0.457 e. The van der Waals surface area contributed by atoms with Gasteiger partial charge in [-0.15, -0.1) is 0 Å². The molecule has 2 atom stereocenters. The van der Waals surface area contributed by atoms with Crippen molar-refractivity contribution in [3.8, 4) is 11.5 Å². The fourth-order valence-corrected chi connectivity index (χ4v) is 3.08. The van der Waals surface area contributed by atoms with Gasteiger partial charge in [0.2, 0.25) is 0 Å². The third kappa shape index (κ3) is 2.62. The summed E-state index contributed by atoms with van der Waals surface area (Å²) in [6, 6.07) is 12.0. The molecule has 1 N–H and O–H groups in total. The number of para-hydroxylation sites is 1. The average molecular weight is 299 g/mol. The van der Waals surface area contributed by atoms with Gasteiger partial charge in [0.1, 0.15) is 17.3 Å². The summed E-state index contributed by atoms with van der Waals surface area (Å²) in [5, 5.41) is 9.18. The summed E-state index contributed by atoms with van der Waals surface area (Å²) in [6.07, 6.45) is 1.38. The van der Waals surface area contributed by atoms with Gasteiger partial charge in [0, 0.05) is 23.7 Å². The van der Waals surface area contributed by atoms with Crippen molar-refractivity contribution in [2.75, 3.05) is 6.61 Å². The Bertz CT molecular complexity index is 687. The maximum Gasteiger partial charge on any atom is 0.133 e. The number of ether oxygens (including phenoxy) is 1. The fraction of sp³-hybridized carbons (Fsp3) is 0.278. The van der Waals surface area contributed by atoms with Gasteiger partial charge in [-0.3, -0.25) is 4.99 Å². The molecule has 1 aliphatic rings. The smallest absolute Gasteiger partial charge is 0.133 e. The van der Waals surface area contributed by atoms with Crippen LogP contribution in [0.5, 0.6) is 11.5 Å². The molecule has 114 valence electrons. The van der Waals surface area contributed by atoms with Gasteiger partial charge in [-0.2, -0.15) is 0 Å². The molecule has 0 fully saturated rings. The van der Waals surface area contributed by atoms with Gasteiger partial charge < -0.3 is 9.84 Å². The third-order valence-corrected chi connectivity index (χ3v) is 4.08. The third-order valence-electron chi connectivity index (χ3n) is 4.08. The second-order valence-corrected chi connectivity index (χ2v) is 5.42. The van der Waals surface area contributed by atoms with E-state index in [1.807, 2.05) is 24.3 Å². The summed E-state index contributed by atoms with van der Waals surface area (Å²) in [5.41, 5.74) is 1.72. The van der Waals surface area contributed by atoms with E-state index in [2.05, 4.69) is 11.7 Å². The molecule has 0 unspecified atom stereocenters. The topological polar surface area (TPSA) is 41.8 Å². The standard InChI is InChI=1S/C18H18FNO2/c1-20-18-14(6-4-10-21)13-5-2-3-7-16(13)22-17-9-8-12(19)11-15(17)18/h2-3,5,7-9,11,14,18,21H,1,4,6,10H2/t14-,18+/m1/s1. The predicted molar refractivity (Wildman–Crippen MR) is 84.3 cm³/mol. The Morgan fingerprint density at radius 3 is 2.68 bits per heavy atom. The van der Waals surface area contributed by atoms with E-state index in [1.54, 1.807) is 6.07 Å². The van der Waals surface area contributed by atoms with Crippen LogP contribution < -0.4 is 4.74 Å². The molecule has 2 aromatic carbocycles. The Labute approximate surface area is 129 Å². The minimum absolute atomic E-state index is 0.00361. The van der Waals surface area contributed by atoms with Crippen LogP contribution in [0.15, 0.2) is 47.5 Å². The second kappa shape index (κ2) is 6.28. The normalized spacial score (nSPS) is 19.5. The molecule has 2 aromatic rings. The van der Waals surface area contributed by atoms with E-state index in [0.717, 1.165) is 17.7 Å². The fourth-order valence-electron chi connectivity index (χ4n) is 3.08. The number of hydrogen-bond donors (Lipinski definition) is 1. The van der Waals surface area contributed by atoms with E-state index in [9.17, 15) is 9.50 Å². The zero-order chi connectivity index (χ0) is 15.5. The Balaban J connectivity index is 2.15. The van der Waals surface area contributed by atoms with Gasteiger partial charge in [0.15, 0.2) is 0 Å². The van der Waals surface area contributed by atoms with Crippen LogP contribution in [0.1, 0.15) is 35.9 Å². The highest BCUT2D eigenvalue weighted by molar-refractivity contribution is 5.50. The Morgan fingerprint density at radius 1 is 1.14 bits per heavy atom. The van der Waals surface area contributed by atoms with Crippen molar-refractivity contribution in [1.82, 2.24) is 0 Å². The maximum absolute atomic E-state index is 13.7. The quantitative estimate of drug-likeness (QED) is 0.858. The lowest BCUT2D eigenvalue weighted by Crippen LogP contribution is -2.09. The molecule has 0 radical (unpaired) electrons. The zero-order valence-electron chi connectivity index (χ0n) is 12.2. The number of aliphatic hydroxyl groups is 1. The van der Waals surface area contributed by atoms with E-state index >= 15 is 0 Å². The van der Waals surface area contributed by atoms with Crippen LogP contribution in [0, 0.1) is 5.82 Å². The van der Waals surface area contributed by atoms with Gasteiger partial charge in [-0.05, 0) is 43.8 Å². The minimum atomic E-state index is -0.317. The van der Waals surface area contributed by atoms with Gasteiger partial charge in [0.05, 0.1) is 6.04 Å². The summed E-state index contributed by atoms with van der Waals surface area (Å²) >= 11 is 0. The van der Waals surface area contributed by atoms with Gasteiger partial charge in [-0.1, -0.05) is 18.2 Å². The molecule has 3 nitrogen and oxygen atoms in total. The lowest BCUT2D eigenvalue weighted by molar-refractivity contribution is 0.276. The highest BCUT2D eigenvalue weighted by Crippen LogP contribution is 2.48. The number of hydrogen-bond acceptors (Lipinski definition) is 3. The number of nitrogens with zero attached hydrogens (tertiary/aromatic N) is 1. The van der Waals surface area contributed by atoms with E-state index in [1.165, 1.54) is 12.1 Å². The van der Waals surface area contributed by atoms with E-state index in [4.69, 9.17) is 4.74 Å². The van der Waals surface area contributed by atoms with Crippen LogP contribution in [0.25, 0.3) is 0 Å². The number of aliphatic hydroxyl groups excluding tert-OH is 1. The van der Waals surface area contributed by atoms with Crippen molar-refractivity contribution in [2.24, 2.45) is 4.99 Å². The first-order valence-corrected chi connectivity index (χ1v) is 7.37. The molecule has 0 aromatic heterocycles. The summed E-state index contributed by atoms with van der Waals surface area (Å²) < 4.78 is 19.7. The molecule has 1 aliphatic heterocycles.